The zero-order valence-electron chi connectivity index (χ0n) is 9.59. The van der Waals surface area contributed by atoms with Gasteiger partial charge in [0.05, 0.1) is 6.61 Å². The molecule has 0 atom stereocenters. The first kappa shape index (κ1) is 12.7. The molecule has 0 heterocycles. The van der Waals surface area contributed by atoms with Crippen LogP contribution in [-0.4, -0.2) is 12.6 Å². The van der Waals surface area contributed by atoms with Crippen LogP contribution in [0.25, 0.3) is 6.08 Å². The van der Waals surface area contributed by atoms with Gasteiger partial charge in [-0.15, -0.1) is 0 Å². The summed E-state index contributed by atoms with van der Waals surface area (Å²) in [5.41, 5.74) is 1.00. The highest BCUT2D eigenvalue weighted by Crippen LogP contribution is 2.03. The second kappa shape index (κ2) is 7.02. The predicted octanol–water partition coefficient (Wildman–Crippen LogP) is 2.71. The van der Waals surface area contributed by atoms with E-state index in [2.05, 4.69) is 0 Å². The fraction of sp³-hybridized carbons (Fsp3) is 0.143. The number of rotatable bonds is 4. The Kier molecular flexibility index (Phi) is 5.26. The molecule has 0 spiro atoms. The highest BCUT2D eigenvalue weighted by Gasteiger charge is 2.07. The van der Waals surface area contributed by atoms with Crippen molar-refractivity contribution in [3.8, 4) is 6.07 Å². The van der Waals surface area contributed by atoms with Crippen LogP contribution in [0.1, 0.15) is 12.5 Å². The third-order valence-electron chi connectivity index (χ3n) is 1.97. The molecule has 0 bridgehead atoms. The molecule has 1 aromatic rings. The van der Waals surface area contributed by atoms with Crippen molar-refractivity contribution in [1.82, 2.24) is 0 Å². The van der Waals surface area contributed by atoms with Gasteiger partial charge in [0, 0.05) is 0 Å². The molecule has 0 N–H and O–H groups in total. The fourth-order valence-electron chi connectivity index (χ4n) is 1.18. The summed E-state index contributed by atoms with van der Waals surface area (Å²) in [5.74, 6) is -0.590. The van der Waals surface area contributed by atoms with Gasteiger partial charge in [0.1, 0.15) is 11.6 Å². The summed E-state index contributed by atoms with van der Waals surface area (Å²) >= 11 is 0. The van der Waals surface area contributed by atoms with Crippen LogP contribution in [0.3, 0.4) is 0 Å². The van der Waals surface area contributed by atoms with Crippen molar-refractivity contribution in [3.63, 3.8) is 0 Å². The zero-order chi connectivity index (χ0) is 12.5. The number of hydrogen-bond donors (Lipinski definition) is 0. The summed E-state index contributed by atoms with van der Waals surface area (Å²) in [6.45, 7) is 1.97. The van der Waals surface area contributed by atoms with Crippen LogP contribution in [0.5, 0.6) is 0 Å². The lowest BCUT2D eigenvalue weighted by Crippen LogP contribution is -2.05. The summed E-state index contributed by atoms with van der Waals surface area (Å²) < 4.78 is 4.73. The largest absolute Gasteiger partial charge is 0.462 e. The van der Waals surface area contributed by atoms with Gasteiger partial charge >= 0.3 is 5.97 Å². The van der Waals surface area contributed by atoms with Crippen LogP contribution in [0.2, 0.25) is 0 Å². The molecule has 0 amide bonds. The molecule has 0 aromatic heterocycles. The maximum Gasteiger partial charge on any atom is 0.348 e. The molecule has 3 heteroatoms. The van der Waals surface area contributed by atoms with Gasteiger partial charge in [-0.1, -0.05) is 42.5 Å². The van der Waals surface area contributed by atoms with Gasteiger partial charge in [0.15, 0.2) is 0 Å². The van der Waals surface area contributed by atoms with E-state index in [1.165, 1.54) is 6.08 Å². The van der Waals surface area contributed by atoms with Gasteiger partial charge in [0.2, 0.25) is 0 Å². The molecule has 0 radical (unpaired) electrons. The highest BCUT2D eigenvalue weighted by atomic mass is 16.5. The molecule has 0 aliphatic carbocycles. The summed E-state index contributed by atoms with van der Waals surface area (Å²) in [5, 5.41) is 8.77. The van der Waals surface area contributed by atoms with E-state index in [1.807, 2.05) is 42.5 Å². The number of allylic oxidation sites excluding steroid dienone is 2. The number of ether oxygens (including phenoxy) is 1. The predicted molar refractivity (Wildman–Crippen MR) is 65.8 cm³/mol. The minimum atomic E-state index is -0.590. The Balaban J connectivity index is 2.72. The molecule has 0 aliphatic heterocycles. The Morgan fingerprint density at radius 1 is 1.41 bits per heavy atom. The third kappa shape index (κ3) is 4.35. The molecule has 17 heavy (non-hydrogen) atoms. The number of carbonyl (C=O) groups excluding carboxylic acids is 1. The van der Waals surface area contributed by atoms with E-state index < -0.39 is 5.97 Å². The molecule has 0 fully saturated rings. The Labute approximate surface area is 101 Å². The van der Waals surface area contributed by atoms with Gasteiger partial charge in [0.25, 0.3) is 0 Å². The highest BCUT2D eigenvalue weighted by molar-refractivity contribution is 5.93. The normalized spacial score (nSPS) is 11.2. The number of nitrogens with zero attached hydrogens (tertiary/aromatic N) is 1. The lowest BCUT2D eigenvalue weighted by atomic mass is 10.2. The van der Waals surface area contributed by atoms with Crippen LogP contribution in [0, 0.1) is 11.3 Å². The number of esters is 1. The van der Waals surface area contributed by atoms with Crippen LogP contribution in [0.15, 0.2) is 48.1 Å². The molecule has 3 nitrogen and oxygen atoms in total. The standard InChI is InChI=1S/C14H13NO2/c1-2-17-14(16)13(11-15)10-6-9-12-7-4-3-5-8-12/h3-10H,2H2,1H3/b9-6+,13-10-. The third-order valence-corrected chi connectivity index (χ3v) is 1.97. The molecule has 0 unspecified atom stereocenters. The topological polar surface area (TPSA) is 50.1 Å². The number of nitriles is 1. The quantitative estimate of drug-likeness (QED) is 0.344. The first-order chi connectivity index (χ1) is 8.27. The Morgan fingerprint density at radius 2 is 2.12 bits per heavy atom. The maximum absolute atomic E-state index is 11.3. The minimum absolute atomic E-state index is 0.000897. The van der Waals surface area contributed by atoms with E-state index in [0.29, 0.717) is 0 Å². The Hall–Kier alpha value is -2.34. The average Bonchev–Trinajstić information content (AvgIpc) is 2.36. The lowest BCUT2D eigenvalue weighted by molar-refractivity contribution is -0.138. The van der Waals surface area contributed by atoms with Crippen molar-refractivity contribution in [1.29, 1.82) is 5.26 Å². The van der Waals surface area contributed by atoms with Gasteiger partial charge in [-0.05, 0) is 18.6 Å². The molecular weight excluding hydrogens is 214 g/mol. The van der Waals surface area contributed by atoms with Gasteiger partial charge in [-0.2, -0.15) is 5.26 Å². The van der Waals surface area contributed by atoms with E-state index in [1.54, 1.807) is 13.0 Å². The average molecular weight is 227 g/mol. The van der Waals surface area contributed by atoms with E-state index in [0.717, 1.165) is 5.56 Å². The second-order valence-corrected chi connectivity index (χ2v) is 3.18. The molecule has 86 valence electrons. The number of hydrogen-bond acceptors (Lipinski definition) is 3. The fourth-order valence-corrected chi connectivity index (χ4v) is 1.18. The number of benzene rings is 1. The second-order valence-electron chi connectivity index (χ2n) is 3.18. The maximum atomic E-state index is 11.3. The molecular formula is C14H13NO2. The summed E-state index contributed by atoms with van der Waals surface area (Å²) in [6, 6.07) is 11.4. The van der Waals surface area contributed by atoms with Crippen molar-refractivity contribution in [2.75, 3.05) is 6.61 Å². The van der Waals surface area contributed by atoms with E-state index in [4.69, 9.17) is 10.00 Å². The van der Waals surface area contributed by atoms with E-state index >= 15 is 0 Å². The van der Waals surface area contributed by atoms with Crippen LogP contribution in [0.4, 0.5) is 0 Å². The molecule has 0 saturated carbocycles. The zero-order valence-corrected chi connectivity index (χ0v) is 9.59. The molecule has 1 aromatic carbocycles. The number of carbonyl (C=O) groups is 1. The van der Waals surface area contributed by atoms with Crippen LogP contribution < -0.4 is 0 Å². The van der Waals surface area contributed by atoms with E-state index in [-0.39, 0.29) is 12.2 Å². The van der Waals surface area contributed by atoms with Crippen LogP contribution in [-0.2, 0) is 9.53 Å². The molecule has 0 saturated heterocycles. The van der Waals surface area contributed by atoms with Crippen molar-refractivity contribution in [3.05, 3.63) is 53.6 Å². The summed E-state index contributed by atoms with van der Waals surface area (Å²) in [7, 11) is 0. The Morgan fingerprint density at radius 3 is 2.71 bits per heavy atom. The van der Waals surface area contributed by atoms with Crippen molar-refractivity contribution in [2.45, 2.75) is 6.92 Å². The van der Waals surface area contributed by atoms with Gasteiger partial charge < -0.3 is 4.74 Å². The van der Waals surface area contributed by atoms with Crippen LogP contribution >= 0.6 is 0 Å². The molecule has 1 rings (SSSR count). The van der Waals surface area contributed by atoms with E-state index in [9.17, 15) is 4.79 Å². The van der Waals surface area contributed by atoms with Gasteiger partial charge in [-0.3, -0.25) is 0 Å². The first-order valence-electron chi connectivity index (χ1n) is 5.28. The van der Waals surface area contributed by atoms with Crippen molar-refractivity contribution < 1.29 is 9.53 Å². The summed E-state index contributed by atoms with van der Waals surface area (Å²) in [6.07, 6.45) is 4.92. The molecule has 0 aliphatic rings. The Bertz CT molecular complexity index is 467. The first-order valence-corrected chi connectivity index (χ1v) is 5.28. The van der Waals surface area contributed by atoms with Crippen molar-refractivity contribution >= 4 is 12.0 Å². The van der Waals surface area contributed by atoms with Crippen molar-refractivity contribution in [2.24, 2.45) is 0 Å². The summed E-state index contributed by atoms with van der Waals surface area (Å²) in [4.78, 5) is 11.3. The SMILES string of the molecule is CCOC(=O)/C(C#N)=C\C=C\c1ccccc1. The minimum Gasteiger partial charge on any atom is -0.462 e. The monoisotopic (exact) mass is 227 g/mol. The smallest absolute Gasteiger partial charge is 0.348 e. The van der Waals surface area contributed by atoms with Gasteiger partial charge in [-0.25, -0.2) is 4.79 Å². The lowest BCUT2D eigenvalue weighted by Gasteiger charge is -1.97.